The third-order valence-corrected chi connectivity index (χ3v) is 3.00. The molecule has 3 nitrogen and oxygen atoms in total. The Morgan fingerprint density at radius 1 is 1.26 bits per heavy atom. The molecular formula is C16H16N2O. The second kappa shape index (κ2) is 5.53. The number of aryl methyl sites for hydroxylation is 1. The molecule has 19 heavy (non-hydrogen) atoms. The zero-order valence-electron chi connectivity index (χ0n) is 11.3. The van der Waals surface area contributed by atoms with Crippen molar-refractivity contribution in [2.75, 3.05) is 0 Å². The fraction of sp³-hybridized carbons (Fsp3) is 0.250. The summed E-state index contributed by atoms with van der Waals surface area (Å²) in [7, 11) is 0. The Morgan fingerprint density at radius 2 is 2.05 bits per heavy atom. The van der Waals surface area contributed by atoms with Gasteiger partial charge in [-0.3, -0.25) is 4.98 Å². The maximum atomic E-state index is 9.01. The average Bonchev–Trinajstić information content (AvgIpc) is 2.39. The molecule has 96 valence electrons. The Morgan fingerprint density at radius 3 is 2.68 bits per heavy atom. The second-order valence-electron chi connectivity index (χ2n) is 4.76. The molecule has 0 radical (unpaired) electrons. The highest BCUT2D eigenvalue weighted by molar-refractivity contribution is 5.44. The van der Waals surface area contributed by atoms with E-state index < -0.39 is 0 Å². The highest BCUT2D eigenvalue weighted by Gasteiger charge is 2.07. The summed E-state index contributed by atoms with van der Waals surface area (Å²) in [5.74, 6) is 1.70. The number of nitriles is 1. The van der Waals surface area contributed by atoms with Crippen molar-refractivity contribution >= 4 is 0 Å². The van der Waals surface area contributed by atoms with Crippen LogP contribution in [-0.4, -0.2) is 4.98 Å². The van der Waals surface area contributed by atoms with Gasteiger partial charge >= 0.3 is 0 Å². The highest BCUT2D eigenvalue weighted by atomic mass is 16.5. The largest absolute Gasteiger partial charge is 0.454 e. The molecule has 0 saturated carbocycles. The fourth-order valence-corrected chi connectivity index (χ4v) is 2.04. The van der Waals surface area contributed by atoms with Crippen LogP contribution in [0.25, 0.3) is 0 Å². The van der Waals surface area contributed by atoms with Crippen LogP contribution in [-0.2, 0) is 0 Å². The molecular weight excluding hydrogens is 236 g/mol. The first-order valence-electron chi connectivity index (χ1n) is 6.24. The molecule has 0 unspecified atom stereocenters. The molecule has 0 aliphatic carbocycles. The Bertz CT molecular complexity index is 627. The predicted octanol–water partition coefficient (Wildman–Crippen LogP) is 4.18. The normalized spacial score (nSPS) is 10.3. The van der Waals surface area contributed by atoms with E-state index in [2.05, 4.69) is 37.9 Å². The van der Waals surface area contributed by atoms with Gasteiger partial charge in [0.1, 0.15) is 11.8 Å². The Hall–Kier alpha value is -2.34. The van der Waals surface area contributed by atoms with Crippen molar-refractivity contribution in [3.05, 3.63) is 53.3 Å². The minimum Gasteiger partial charge on any atom is -0.454 e. The third-order valence-electron chi connectivity index (χ3n) is 3.00. The predicted molar refractivity (Wildman–Crippen MR) is 74.3 cm³/mol. The lowest BCUT2D eigenvalue weighted by molar-refractivity contribution is 0.478. The van der Waals surface area contributed by atoms with Crippen LogP contribution >= 0.6 is 0 Å². The molecule has 0 amide bonds. The first-order valence-corrected chi connectivity index (χ1v) is 6.24. The van der Waals surface area contributed by atoms with Crippen molar-refractivity contribution in [3.8, 4) is 17.6 Å². The number of pyridine rings is 1. The van der Waals surface area contributed by atoms with Crippen molar-refractivity contribution in [1.29, 1.82) is 5.26 Å². The van der Waals surface area contributed by atoms with Gasteiger partial charge in [-0.2, -0.15) is 5.26 Å². The summed E-state index contributed by atoms with van der Waals surface area (Å²) in [4.78, 5) is 3.98. The zero-order chi connectivity index (χ0) is 13.8. The molecule has 0 N–H and O–H groups in total. The topological polar surface area (TPSA) is 45.9 Å². The van der Waals surface area contributed by atoms with Gasteiger partial charge in [-0.25, -0.2) is 0 Å². The number of nitrogens with zero attached hydrogens (tertiary/aromatic N) is 2. The summed E-state index contributed by atoms with van der Waals surface area (Å²) in [6.45, 7) is 6.40. The Kier molecular flexibility index (Phi) is 3.82. The van der Waals surface area contributed by atoms with E-state index in [9.17, 15) is 0 Å². The van der Waals surface area contributed by atoms with Crippen molar-refractivity contribution in [2.45, 2.75) is 26.7 Å². The molecule has 0 saturated heterocycles. The van der Waals surface area contributed by atoms with Crippen LogP contribution < -0.4 is 4.74 Å². The molecule has 0 fully saturated rings. The van der Waals surface area contributed by atoms with Crippen LogP contribution in [0, 0.1) is 18.3 Å². The maximum absolute atomic E-state index is 9.01. The van der Waals surface area contributed by atoms with Gasteiger partial charge < -0.3 is 4.74 Å². The molecule has 0 aliphatic heterocycles. The van der Waals surface area contributed by atoms with Crippen LogP contribution in [0.2, 0.25) is 0 Å². The first-order chi connectivity index (χ1) is 9.11. The molecule has 1 heterocycles. The summed E-state index contributed by atoms with van der Waals surface area (Å²) >= 11 is 0. The van der Waals surface area contributed by atoms with Crippen molar-refractivity contribution in [3.63, 3.8) is 0 Å². The van der Waals surface area contributed by atoms with Gasteiger partial charge in [-0.15, -0.1) is 0 Å². The van der Waals surface area contributed by atoms with Crippen molar-refractivity contribution in [1.82, 2.24) is 4.98 Å². The van der Waals surface area contributed by atoms with Gasteiger partial charge in [0.05, 0.1) is 11.8 Å². The summed E-state index contributed by atoms with van der Waals surface area (Å²) in [6, 6.07) is 9.72. The van der Waals surface area contributed by atoms with Crippen LogP contribution in [0.5, 0.6) is 11.5 Å². The van der Waals surface area contributed by atoms with Gasteiger partial charge in [0, 0.05) is 6.20 Å². The van der Waals surface area contributed by atoms with Gasteiger partial charge in [0.15, 0.2) is 5.75 Å². The second-order valence-corrected chi connectivity index (χ2v) is 4.76. The van der Waals surface area contributed by atoms with Crippen LogP contribution in [0.4, 0.5) is 0 Å². The molecule has 0 spiro atoms. The van der Waals surface area contributed by atoms with Crippen LogP contribution in [0.1, 0.15) is 36.5 Å². The summed E-state index contributed by atoms with van der Waals surface area (Å²) in [6.07, 6.45) is 3.14. The van der Waals surface area contributed by atoms with E-state index in [1.807, 2.05) is 12.1 Å². The Labute approximate surface area is 113 Å². The molecule has 1 aromatic carbocycles. The van der Waals surface area contributed by atoms with E-state index in [0.29, 0.717) is 17.2 Å². The standard InChI is InChI=1S/C16H16N2O/c1-11(2)15-5-4-14(8-12(15)3)19-16-10-18-7-6-13(16)9-17/h4-8,10-11H,1-3H3. The van der Waals surface area contributed by atoms with E-state index in [1.54, 1.807) is 18.5 Å². The third kappa shape index (κ3) is 2.92. The fourth-order valence-electron chi connectivity index (χ4n) is 2.04. The molecule has 0 atom stereocenters. The number of aromatic nitrogens is 1. The minimum atomic E-state index is 0.487. The molecule has 2 aromatic rings. The monoisotopic (exact) mass is 252 g/mol. The molecule has 3 heteroatoms. The van der Waals surface area contributed by atoms with E-state index in [-0.39, 0.29) is 0 Å². The molecule has 2 rings (SSSR count). The minimum absolute atomic E-state index is 0.487. The van der Waals surface area contributed by atoms with Crippen molar-refractivity contribution < 1.29 is 4.74 Å². The lowest BCUT2D eigenvalue weighted by Gasteiger charge is -2.12. The van der Waals surface area contributed by atoms with Crippen LogP contribution in [0.15, 0.2) is 36.7 Å². The number of benzene rings is 1. The van der Waals surface area contributed by atoms with E-state index >= 15 is 0 Å². The summed E-state index contributed by atoms with van der Waals surface area (Å²) in [5.41, 5.74) is 2.98. The summed E-state index contributed by atoms with van der Waals surface area (Å²) in [5, 5.41) is 9.01. The lowest BCUT2D eigenvalue weighted by Crippen LogP contribution is -1.94. The molecule has 1 aromatic heterocycles. The quantitative estimate of drug-likeness (QED) is 0.823. The van der Waals surface area contributed by atoms with Gasteiger partial charge in [0.25, 0.3) is 0 Å². The smallest absolute Gasteiger partial charge is 0.163 e. The van der Waals surface area contributed by atoms with E-state index in [1.165, 1.54) is 11.1 Å². The van der Waals surface area contributed by atoms with E-state index in [4.69, 9.17) is 10.00 Å². The molecule has 0 aliphatic rings. The van der Waals surface area contributed by atoms with Crippen LogP contribution in [0.3, 0.4) is 0 Å². The number of ether oxygens (including phenoxy) is 1. The Balaban J connectivity index is 2.30. The SMILES string of the molecule is Cc1cc(Oc2cnccc2C#N)ccc1C(C)C. The molecule has 0 bridgehead atoms. The summed E-state index contributed by atoms with van der Waals surface area (Å²) < 4.78 is 5.73. The first kappa shape index (κ1) is 13.1. The number of hydrogen-bond acceptors (Lipinski definition) is 3. The zero-order valence-corrected chi connectivity index (χ0v) is 11.3. The van der Waals surface area contributed by atoms with E-state index in [0.717, 1.165) is 5.75 Å². The highest BCUT2D eigenvalue weighted by Crippen LogP contribution is 2.28. The lowest BCUT2D eigenvalue weighted by atomic mass is 9.98. The number of hydrogen-bond donors (Lipinski definition) is 0. The van der Waals surface area contributed by atoms with Crippen molar-refractivity contribution in [2.24, 2.45) is 0 Å². The maximum Gasteiger partial charge on any atom is 0.163 e. The van der Waals surface area contributed by atoms with Gasteiger partial charge in [-0.1, -0.05) is 19.9 Å². The number of rotatable bonds is 3. The van der Waals surface area contributed by atoms with Gasteiger partial charge in [0.2, 0.25) is 0 Å². The average molecular weight is 252 g/mol. The van der Waals surface area contributed by atoms with Gasteiger partial charge in [-0.05, 0) is 42.2 Å².